The fourth-order valence-electron chi connectivity index (χ4n) is 1.36. The minimum absolute atomic E-state index is 0.149. The molecule has 0 aromatic carbocycles. The molecule has 10 heavy (non-hydrogen) atoms. The normalized spacial score (nSPS) is 25.1. The predicted molar refractivity (Wildman–Crippen MR) is 41.8 cm³/mol. The van der Waals surface area contributed by atoms with Crippen molar-refractivity contribution in [2.45, 2.75) is 12.8 Å². The van der Waals surface area contributed by atoms with Gasteiger partial charge in [-0.15, -0.1) is 0 Å². The number of nitrogens with one attached hydrogen (secondary N) is 1. The fraction of sp³-hybridized carbons (Fsp3) is 0.750. The lowest BCUT2D eigenvalue weighted by atomic mass is 10.0. The first-order valence-corrected chi connectivity index (χ1v) is 3.81. The quantitative estimate of drug-likeness (QED) is 0.562. The molecule has 1 saturated heterocycles. The van der Waals surface area contributed by atoms with Crippen LogP contribution in [0.1, 0.15) is 12.8 Å². The van der Waals surface area contributed by atoms with Crippen LogP contribution in [0.15, 0.2) is 12.2 Å². The van der Waals surface area contributed by atoms with E-state index in [-0.39, 0.29) is 6.61 Å². The van der Waals surface area contributed by atoms with Gasteiger partial charge in [-0.2, -0.15) is 0 Å². The Balaban J connectivity index is 2.17. The highest BCUT2D eigenvalue weighted by Gasteiger charge is 2.14. The standard InChI is InChI=1S/C8H15NO/c1-7(6-10)4-8-2-3-9-5-8/h8-10H,1-6H2. The molecule has 0 aliphatic carbocycles. The Morgan fingerprint density at radius 2 is 2.50 bits per heavy atom. The molecule has 0 spiro atoms. The van der Waals surface area contributed by atoms with Crippen molar-refractivity contribution in [3.63, 3.8) is 0 Å². The number of hydrogen-bond acceptors (Lipinski definition) is 2. The van der Waals surface area contributed by atoms with Crippen LogP contribution < -0.4 is 5.32 Å². The molecular formula is C8H15NO. The molecule has 1 atom stereocenters. The van der Waals surface area contributed by atoms with E-state index in [4.69, 9.17) is 5.11 Å². The number of aliphatic hydroxyl groups excluding tert-OH is 1. The maximum Gasteiger partial charge on any atom is 0.0639 e. The summed E-state index contributed by atoms with van der Waals surface area (Å²) in [5.41, 5.74) is 0.966. The molecule has 0 bridgehead atoms. The van der Waals surface area contributed by atoms with Crippen LogP contribution in [0.4, 0.5) is 0 Å². The van der Waals surface area contributed by atoms with Gasteiger partial charge in [0.05, 0.1) is 6.61 Å². The molecule has 1 aliphatic rings. The molecule has 0 saturated carbocycles. The zero-order valence-electron chi connectivity index (χ0n) is 6.27. The Labute approximate surface area is 61.9 Å². The van der Waals surface area contributed by atoms with Crippen LogP contribution in [-0.2, 0) is 0 Å². The molecular weight excluding hydrogens is 126 g/mol. The summed E-state index contributed by atoms with van der Waals surface area (Å²) in [5, 5.41) is 12.0. The van der Waals surface area contributed by atoms with Crippen LogP contribution in [0.2, 0.25) is 0 Å². The first-order valence-electron chi connectivity index (χ1n) is 3.81. The van der Waals surface area contributed by atoms with E-state index >= 15 is 0 Å². The van der Waals surface area contributed by atoms with Gasteiger partial charge in [0.25, 0.3) is 0 Å². The Kier molecular flexibility index (Phi) is 2.90. The van der Waals surface area contributed by atoms with Crippen LogP contribution in [0.3, 0.4) is 0 Å². The lowest BCUT2D eigenvalue weighted by Crippen LogP contribution is -2.09. The van der Waals surface area contributed by atoms with E-state index in [1.807, 2.05) is 0 Å². The number of rotatable bonds is 3. The maximum atomic E-state index is 8.68. The SMILES string of the molecule is C=C(CO)CC1CCNC1. The van der Waals surface area contributed by atoms with E-state index < -0.39 is 0 Å². The Morgan fingerprint density at radius 3 is 3.00 bits per heavy atom. The van der Waals surface area contributed by atoms with Gasteiger partial charge in [-0.3, -0.25) is 0 Å². The second-order valence-electron chi connectivity index (χ2n) is 2.97. The molecule has 1 rings (SSSR count). The largest absolute Gasteiger partial charge is 0.392 e. The molecule has 1 heterocycles. The lowest BCUT2D eigenvalue weighted by Gasteiger charge is -2.07. The van der Waals surface area contributed by atoms with Gasteiger partial charge < -0.3 is 10.4 Å². The molecule has 0 aromatic heterocycles. The third-order valence-electron chi connectivity index (χ3n) is 1.96. The molecule has 0 amide bonds. The highest BCUT2D eigenvalue weighted by molar-refractivity contribution is 4.96. The van der Waals surface area contributed by atoms with Crippen LogP contribution in [0.5, 0.6) is 0 Å². The molecule has 1 unspecified atom stereocenters. The fourth-order valence-corrected chi connectivity index (χ4v) is 1.36. The van der Waals surface area contributed by atoms with E-state index in [9.17, 15) is 0 Å². The van der Waals surface area contributed by atoms with Crippen LogP contribution >= 0.6 is 0 Å². The van der Waals surface area contributed by atoms with Crippen molar-refractivity contribution >= 4 is 0 Å². The van der Waals surface area contributed by atoms with Crippen LogP contribution in [0, 0.1) is 5.92 Å². The molecule has 0 aromatic rings. The zero-order chi connectivity index (χ0) is 7.40. The Morgan fingerprint density at radius 1 is 1.70 bits per heavy atom. The van der Waals surface area contributed by atoms with Crippen molar-refractivity contribution in [2.75, 3.05) is 19.7 Å². The van der Waals surface area contributed by atoms with Gasteiger partial charge in [0.1, 0.15) is 0 Å². The number of hydrogen-bond donors (Lipinski definition) is 2. The van der Waals surface area contributed by atoms with Crippen LogP contribution in [-0.4, -0.2) is 24.8 Å². The first kappa shape index (κ1) is 7.76. The minimum Gasteiger partial charge on any atom is -0.392 e. The van der Waals surface area contributed by atoms with Gasteiger partial charge in [-0.05, 0) is 31.8 Å². The van der Waals surface area contributed by atoms with Crippen molar-refractivity contribution in [3.05, 3.63) is 12.2 Å². The van der Waals surface area contributed by atoms with Gasteiger partial charge in [0.2, 0.25) is 0 Å². The van der Waals surface area contributed by atoms with E-state index in [0.717, 1.165) is 31.0 Å². The molecule has 58 valence electrons. The summed E-state index contributed by atoms with van der Waals surface area (Å²) in [6.45, 7) is 6.13. The summed E-state index contributed by atoms with van der Waals surface area (Å²) in [6.07, 6.45) is 2.22. The monoisotopic (exact) mass is 141 g/mol. The molecule has 0 radical (unpaired) electrons. The summed E-state index contributed by atoms with van der Waals surface area (Å²) < 4.78 is 0. The third-order valence-corrected chi connectivity index (χ3v) is 1.96. The average Bonchev–Trinajstić information content (AvgIpc) is 2.40. The van der Waals surface area contributed by atoms with Crippen molar-refractivity contribution < 1.29 is 5.11 Å². The maximum absolute atomic E-state index is 8.68. The third kappa shape index (κ3) is 2.12. The highest BCUT2D eigenvalue weighted by Crippen LogP contribution is 2.15. The van der Waals surface area contributed by atoms with Crippen molar-refractivity contribution in [1.29, 1.82) is 0 Å². The first-order chi connectivity index (χ1) is 4.83. The topological polar surface area (TPSA) is 32.3 Å². The van der Waals surface area contributed by atoms with Crippen molar-refractivity contribution in [2.24, 2.45) is 5.92 Å². The molecule has 2 nitrogen and oxygen atoms in total. The Bertz CT molecular complexity index is 116. The molecule has 2 N–H and O–H groups in total. The van der Waals surface area contributed by atoms with E-state index in [1.165, 1.54) is 6.42 Å². The summed E-state index contributed by atoms with van der Waals surface area (Å²) in [4.78, 5) is 0. The number of aliphatic hydroxyl groups is 1. The molecule has 1 fully saturated rings. The average molecular weight is 141 g/mol. The zero-order valence-corrected chi connectivity index (χ0v) is 6.27. The van der Waals surface area contributed by atoms with Gasteiger partial charge in [0.15, 0.2) is 0 Å². The Hall–Kier alpha value is -0.340. The van der Waals surface area contributed by atoms with E-state index in [2.05, 4.69) is 11.9 Å². The summed E-state index contributed by atoms with van der Waals surface area (Å²) in [6, 6.07) is 0. The highest BCUT2D eigenvalue weighted by atomic mass is 16.3. The van der Waals surface area contributed by atoms with Gasteiger partial charge in [-0.1, -0.05) is 12.2 Å². The lowest BCUT2D eigenvalue weighted by molar-refractivity contribution is 0.321. The summed E-state index contributed by atoms with van der Waals surface area (Å²) in [7, 11) is 0. The van der Waals surface area contributed by atoms with E-state index in [0.29, 0.717) is 0 Å². The summed E-state index contributed by atoms with van der Waals surface area (Å²) >= 11 is 0. The van der Waals surface area contributed by atoms with Gasteiger partial charge in [-0.25, -0.2) is 0 Å². The molecule has 2 heteroatoms. The second kappa shape index (κ2) is 3.74. The van der Waals surface area contributed by atoms with Crippen molar-refractivity contribution in [1.82, 2.24) is 5.32 Å². The molecule has 1 aliphatic heterocycles. The smallest absolute Gasteiger partial charge is 0.0639 e. The predicted octanol–water partition coefficient (Wildman–Crippen LogP) is 0.534. The summed E-state index contributed by atoms with van der Waals surface area (Å²) in [5.74, 6) is 0.722. The van der Waals surface area contributed by atoms with Gasteiger partial charge >= 0.3 is 0 Å². The van der Waals surface area contributed by atoms with Crippen molar-refractivity contribution in [3.8, 4) is 0 Å². The van der Waals surface area contributed by atoms with Gasteiger partial charge in [0, 0.05) is 0 Å². The minimum atomic E-state index is 0.149. The van der Waals surface area contributed by atoms with E-state index in [1.54, 1.807) is 0 Å². The van der Waals surface area contributed by atoms with Crippen LogP contribution in [0.25, 0.3) is 0 Å². The second-order valence-corrected chi connectivity index (χ2v) is 2.97.